The summed E-state index contributed by atoms with van der Waals surface area (Å²) in [5.41, 5.74) is 0.809. The number of hydrogen-bond donors (Lipinski definition) is 0. The zero-order chi connectivity index (χ0) is 18.4. The standard InChI is InChI=1S/C19H20O6/c1-12(17(20)10-18(21)25-11-19(22)24-3)13-4-5-15-9-16(23-2)7-6-14(15)8-13/h4-9,12H,10-11H2,1-3H3. The highest BCUT2D eigenvalue weighted by molar-refractivity contribution is 5.99. The van der Waals surface area contributed by atoms with E-state index < -0.39 is 30.9 Å². The molecule has 132 valence electrons. The van der Waals surface area contributed by atoms with Crippen molar-refractivity contribution in [2.45, 2.75) is 19.3 Å². The third-order valence-corrected chi connectivity index (χ3v) is 3.95. The third-order valence-electron chi connectivity index (χ3n) is 3.95. The lowest BCUT2D eigenvalue weighted by atomic mass is 9.93. The van der Waals surface area contributed by atoms with Gasteiger partial charge in [0.2, 0.25) is 0 Å². The molecular formula is C19H20O6. The van der Waals surface area contributed by atoms with Crippen LogP contribution in [0.25, 0.3) is 10.8 Å². The number of methoxy groups -OCH3 is 2. The van der Waals surface area contributed by atoms with Gasteiger partial charge in [0.15, 0.2) is 12.4 Å². The minimum Gasteiger partial charge on any atom is -0.497 e. The highest BCUT2D eigenvalue weighted by Gasteiger charge is 2.20. The Hall–Kier alpha value is -2.89. The first kappa shape index (κ1) is 18.4. The van der Waals surface area contributed by atoms with Crippen molar-refractivity contribution in [2.75, 3.05) is 20.8 Å². The summed E-state index contributed by atoms with van der Waals surface area (Å²) in [5.74, 6) is -1.38. The van der Waals surface area contributed by atoms with Gasteiger partial charge in [-0.25, -0.2) is 4.79 Å². The van der Waals surface area contributed by atoms with Gasteiger partial charge in [-0.2, -0.15) is 0 Å². The fraction of sp³-hybridized carbons (Fsp3) is 0.316. The van der Waals surface area contributed by atoms with Crippen molar-refractivity contribution in [1.29, 1.82) is 0 Å². The second-order valence-corrected chi connectivity index (χ2v) is 5.57. The maximum absolute atomic E-state index is 12.3. The van der Waals surface area contributed by atoms with E-state index in [-0.39, 0.29) is 5.78 Å². The Morgan fingerprint density at radius 2 is 1.64 bits per heavy atom. The van der Waals surface area contributed by atoms with Gasteiger partial charge in [0.05, 0.1) is 14.2 Å². The molecule has 0 bridgehead atoms. The van der Waals surface area contributed by atoms with Crippen LogP contribution in [0.15, 0.2) is 36.4 Å². The molecule has 2 aromatic carbocycles. The molecule has 0 aliphatic rings. The van der Waals surface area contributed by atoms with E-state index in [4.69, 9.17) is 9.47 Å². The second kappa shape index (κ2) is 8.28. The summed E-state index contributed by atoms with van der Waals surface area (Å²) < 4.78 is 14.3. The van der Waals surface area contributed by atoms with Crippen LogP contribution in [0.3, 0.4) is 0 Å². The summed E-state index contributed by atoms with van der Waals surface area (Å²) in [7, 11) is 2.80. The highest BCUT2D eigenvalue weighted by Crippen LogP contribution is 2.26. The van der Waals surface area contributed by atoms with Crippen LogP contribution in [0.5, 0.6) is 5.75 Å². The molecule has 0 saturated carbocycles. The first-order valence-electron chi connectivity index (χ1n) is 7.77. The number of esters is 2. The molecule has 2 aromatic rings. The number of carbonyl (C=O) groups is 3. The molecule has 0 spiro atoms. The van der Waals surface area contributed by atoms with Gasteiger partial charge in [0.1, 0.15) is 12.2 Å². The molecule has 0 aliphatic heterocycles. The number of fused-ring (bicyclic) bond motifs is 1. The molecule has 0 N–H and O–H groups in total. The van der Waals surface area contributed by atoms with Crippen molar-refractivity contribution >= 4 is 28.5 Å². The number of Topliss-reactive ketones (excluding diaryl/α,β-unsaturated/α-hetero) is 1. The molecule has 0 radical (unpaired) electrons. The predicted octanol–water partition coefficient (Wildman–Crippen LogP) is 2.63. The fourth-order valence-corrected chi connectivity index (χ4v) is 2.37. The Kier molecular flexibility index (Phi) is 6.11. The minimum atomic E-state index is -0.743. The van der Waals surface area contributed by atoms with E-state index in [1.165, 1.54) is 7.11 Å². The number of benzene rings is 2. The number of ketones is 1. The number of carbonyl (C=O) groups excluding carboxylic acids is 3. The Morgan fingerprint density at radius 1 is 0.960 bits per heavy atom. The van der Waals surface area contributed by atoms with Gasteiger partial charge in [-0.3, -0.25) is 9.59 Å². The lowest BCUT2D eigenvalue weighted by molar-refractivity contribution is -0.158. The SMILES string of the molecule is COC(=O)COC(=O)CC(=O)C(C)c1ccc2cc(OC)ccc2c1. The van der Waals surface area contributed by atoms with Crippen LogP contribution >= 0.6 is 0 Å². The van der Waals surface area contributed by atoms with Crippen molar-refractivity contribution in [3.05, 3.63) is 42.0 Å². The predicted molar refractivity (Wildman–Crippen MR) is 91.5 cm³/mol. The van der Waals surface area contributed by atoms with Gasteiger partial charge in [-0.05, 0) is 28.5 Å². The molecule has 0 aliphatic carbocycles. The number of ether oxygens (including phenoxy) is 3. The van der Waals surface area contributed by atoms with Gasteiger partial charge in [0, 0.05) is 5.92 Å². The molecule has 2 rings (SSSR count). The van der Waals surface area contributed by atoms with Gasteiger partial charge < -0.3 is 14.2 Å². The molecule has 0 saturated heterocycles. The van der Waals surface area contributed by atoms with Crippen LogP contribution < -0.4 is 4.74 Å². The Balaban J connectivity index is 2.04. The molecule has 1 unspecified atom stereocenters. The van der Waals surface area contributed by atoms with Crippen LogP contribution in [0.1, 0.15) is 24.8 Å². The topological polar surface area (TPSA) is 78.9 Å². The van der Waals surface area contributed by atoms with E-state index in [1.54, 1.807) is 14.0 Å². The van der Waals surface area contributed by atoms with E-state index in [1.807, 2.05) is 36.4 Å². The molecule has 0 heterocycles. The van der Waals surface area contributed by atoms with Gasteiger partial charge >= 0.3 is 11.9 Å². The molecule has 0 fully saturated rings. The molecule has 6 heteroatoms. The lowest BCUT2D eigenvalue weighted by Gasteiger charge is -2.12. The van der Waals surface area contributed by atoms with E-state index in [0.717, 1.165) is 22.1 Å². The average molecular weight is 344 g/mol. The Bertz CT molecular complexity index is 796. The van der Waals surface area contributed by atoms with Crippen molar-refractivity contribution < 1.29 is 28.6 Å². The molecule has 25 heavy (non-hydrogen) atoms. The van der Waals surface area contributed by atoms with Crippen molar-refractivity contribution in [1.82, 2.24) is 0 Å². The van der Waals surface area contributed by atoms with Crippen LogP contribution in [0, 0.1) is 0 Å². The van der Waals surface area contributed by atoms with E-state index in [9.17, 15) is 14.4 Å². The normalized spacial score (nSPS) is 11.6. The third kappa shape index (κ3) is 4.79. The van der Waals surface area contributed by atoms with E-state index in [2.05, 4.69) is 4.74 Å². The molecular weight excluding hydrogens is 324 g/mol. The van der Waals surface area contributed by atoms with Crippen LogP contribution in [-0.2, 0) is 23.9 Å². The lowest BCUT2D eigenvalue weighted by Crippen LogP contribution is -2.19. The summed E-state index contributed by atoms with van der Waals surface area (Å²) in [6.45, 7) is 1.25. The Morgan fingerprint density at radius 3 is 2.32 bits per heavy atom. The zero-order valence-corrected chi connectivity index (χ0v) is 14.4. The van der Waals surface area contributed by atoms with Crippen molar-refractivity contribution in [2.24, 2.45) is 0 Å². The van der Waals surface area contributed by atoms with Gasteiger partial charge in [0.25, 0.3) is 0 Å². The van der Waals surface area contributed by atoms with Crippen molar-refractivity contribution in [3.63, 3.8) is 0 Å². The van der Waals surface area contributed by atoms with Crippen molar-refractivity contribution in [3.8, 4) is 5.75 Å². The molecule has 1 atom stereocenters. The Labute approximate surface area is 145 Å². The first-order valence-corrected chi connectivity index (χ1v) is 7.77. The largest absolute Gasteiger partial charge is 0.497 e. The average Bonchev–Trinajstić information content (AvgIpc) is 2.64. The monoisotopic (exact) mass is 344 g/mol. The maximum atomic E-state index is 12.3. The number of hydrogen-bond acceptors (Lipinski definition) is 6. The van der Waals surface area contributed by atoms with Crippen LogP contribution in [0.2, 0.25) is 0 Å². The van der Waals surface area contributed by atoms with Gasteiger partial charge in [-0.15, -0.1) is 0 Å². The highest BCUT2D eigenvalue weighted by atomic mass is 16.6. The van der Waals surface area contributed by atoms with E-state index in [0.29, 0.717) is 0 Å². The smallest absolute Gasteiger partial charge is 0.344 e. The summed E-state index contributed by atoms with van der Waals surface area (Å²) in [6.07, 6.45) is -0.390. The number of rotatable bonds is 7. The minimum absolute atomic E-state index is 0.275. The zero-order valence-electron chi connectivity index (χ0n) is 14.4. The first-order chi connectivity index (χ1) is 11.9. The van der Waals surface area contributed by atoms with Crippen LogP contribution in [-0.4, -0.2) is 38.5 Å². The summed E-state index contributed by atoms with van der Waals surface area (Å²) in [5, 5.41) is 1.98. The summed E-state index contributed by atoms with van der Waals surface area (Å²) in [6, 6.07) is 11.4. The molecule has 0 aromatic heterocycles. The summed E-state index contributed by atoms with van der Waals surface area (Å²) in [4.78, 5) is 34.8. The van der Waals surface area contributed by atoms with E-state index >= 15 is 0 Å². The maximum Gasteiger partial charge on any atom is 0.344 e. The molecule has 6 nitrogen and oxygen atoms in total. The summed E-state index contributed by atoms with van der Waals surface area (Å²) >= 11 is 0. The fourth-order valence-electron chi connectivity index (χ4n) is 2.37. The second-order valence-electron chi connectivity index (χ2n) is 5.57. The molecule has 0 amide bonds. The quantitative estimate of drug-likeness (QED) is 0.567. The van der Waals surface area contributed by atoms with Gasteiger partial charge in [-0.1, -0.05) is 31.2 Å². The van der Waals surface area contributed by atoms with Crippen LogP contribution in [0.4, 0.5) is 0 Å².